The maximum Gasteiger partial charge on any atom is 0.227 e. The molecule has 1 aliphatic carbocycles. The van der Waals surface area contributed by atoms with Crippen LogP contribution in [0.25, 0.3) is 0 Å². The van der Waals surface area contributed by atoms with E-state index in [0.29, 0.717) is 0 Å². The highest BCUT2D eigenvalue weighted by Gasteiger charge is 2.37. The number of hydrogen-bond donors (Lipinski definition) is 2. The van der Waals surface area contributed by atoms with Gasteiger partial charge in [0.25, 0.3) is 0 Å². The van der Waals surface area contributed by atoms with Crippen LogP contribution in [-0.2, 0) is 11.2 Å². The molecule has 3 N–H and O–H groups in total. The van der Waals surface area contributed by atoms with Gasteiger partial charge in [-0.1, -0.05) is 24.3 Å². The van der Waals surface area contributed by atoms with Gasteiger partial charge < -0.3 is 11.1 Å². The number of carbonyl (C=O) groups is 1. The van der Waals surface area contributed by atoms with Crippen molar-refractivity contribution < 1.29 is 4.79 Å². The number of carbonyl (C=O) groups excluding carboxylic acids is 1. The predicted molar refractivity (Wildman–Crippen MR) is 82.6 cm³/mol. The predicted octanol–water partition coefficient (Wildman–Crippen LogP) is 2.74. The van der Waals surface area contributed by atoms with Crippen LogP contribution in [-0.4, -0.2) is 17.0 Å². The first-order valence-corrected chi connectivity index (χ1v) is 7.38. The van der Waals surface area contributed by atoms with Crippen molar-refractivity contribution in [1.82, 2.24) is 5.32 Å². The Bertz CT molecular complexity index is 481. The van der Waals surface area contributed by atoms with E-state index in [4.69, 9.17) is 5.73 Å². The third-order valence-corrected chi connectivity index (χ3v) is 3.82. The Morgan fingerprint density at radius 1 is 1.30 bits per heavy atom. The summed E-state index contributed by atoms with van der Waals surface area (Å²) in [5, 5.41) is 3.02. The Morgan fingerprint density at radius 3 is 2.30 bits per heavy atom. The van der Waals surface area contributed by atoms with Gasteiger partial charge in [-0.2, -0.15) is 0 Å². The quantitative estimate of drug-likeness (QED) is 0.887. The standard InChI is InChI=1S/C17H26N2O/c1-12(15(20)19-16(2,3)4)14-7-5-13(6-8-14)11-17(18)9-10-17/h5-8,12H,9-11,18H2,1-4H3,(H,19,20). The maximum atomic E-state index is 12.2. The van der Waals surface area contributed by atoms with Crippen molar-refractivity contribution in [1.29, 1.82) is 0 Å². The summed E-state index contributed by atoms with van der Waals surface area (Å²) in [6, 6.07) is 8.30. The molecule has 1 aromatic carbocycles. The summed E-state index contributed by atoms with van der Waals surface area (Å²) in [5.41, 5.74) is 8.29. The SMILES string of the molecule is CC(C(=O)NC(C)(C)C)c1ccc(CC2(N)CC2)cc1. The highest BCUT2D eigenvalue weighted by molar-refractivity contribution is 5.83. The van der Waals surface area contributed by atoms with Crippen molar-refractivity contribution in [2.24, 2.45) is 5.73 Å². The zero-order chi connectivity index (χ0) is 15.0. The zero-order valence-corrected chi connectivity index (χ0v) is 13.0. The van der Waals surface area contributed by atoms with Crippen molar-refractivity contribution in [3.63, 3.8) is 0 Å². The molecule has 0 spiro atoms. The van der Waals surface area contributed by atoms with Crippen molar-refractivity contribution >= 4 is 5.91 Å². The molecule has 0 bridgehead atoms. The van der Waals surface area contributed by atoms with Crippen molar-refractivity contribution in [2.75, 3.05) is 0 Å². The van der Waals surface area contributed by atoms with Gasteiger partial charge in [0, 0.05) is 11.1 Å². The Balaban J connectivity index is 2.00. The Kier molecular flexibility index (Phi) is 3.92. The van der Waals surface area contributed by atoms with Crippen LogP contribution >= 0.6 is 0 Å². The summed E-state index contributed by atoms with van der Waals surface area (Å²) in [4.78, 5) is 12.2. The molecule has 1 aromatic rings. The van der Waals surface area contributed by atoms with Crippen LogP contribution < -0.4 is 11.1 Å². The summed E-state index contributed by atoms with van der Waals surface area (Å²) < 4.78 is 0. The van der Waals surface area contributed by atoms with Gasteiger partial charge in [-0.25, -0.2) is 0 Å². The lowest BCUT2D eigenvalue weighted by atomic mass is 9.96. The summed E-state index contributed by atoms with van der Waals surface area (Å²) in [6.07, 6.45) is 3.19. The summed E-state index contributed by atoms with van der Waals surface area (Å²) in [6.45, 7) is 7.94. The molecule has 1 saturated carbocycles. The summed E-state index contributed by atoms with van der Waals surface area (Å²) in [7, 11) is 0. The third-order valence-electron chi connectivity index (χ3n) is 3.82. The first-order valence-electron chi connectivity index (χ1n) is 7.38. The van der Waals surface area contributed by atoms with E-state index in [1.165, 1.54) is 5.56 Å². The highest BCUT2D eigenvalue weighted by atomic mass is 16.2. The number of nitrogens with one attached hydrogen (secondary N) is 1. The van der Waals surface area contributed by atoms with E-state index in [1.54, 1.807) is 0 Å². The van der Waals surface area contributed by atoms with Crippen LogP contribution in [0.3, 0.4) is 0 Å². The molecule has 20 heavy (non-hydrogen) atoms. The second-order valence-corrected chi connectivity index (χ2v) is 7.24. The number of rotatable bonds is 4. The van der Waals surface area contributed by atoms with E-state index in [1.807, 2.05) is 39.8 Å². The molecule has 1 atom stereocenters. The second kappa shape index (κ2) is 5.21. The lowest BCUT2D eigenvalue weighted by Gasteiger charge is -2.23. The van der Waals surface area contributed by atoms with Gasteiger partial charge in [0.2, 0.25) is 5.91 Å². The lowest BCUT2D eigenvalue weighted by molar-refractivity contribution is -0.123. The van der Waals surface area contributed by atoms with Crippen LogP contribution in [0.15, 0.2) is 24.3 Å². The van der Waals surface area contributed by atoms with Crippen LogP contribution in [0.2, 0.25) is 0 Å². The highest BCUT2D eigenvalue weighted by Crippen LogP contribution is 2.35. The fraction of sp³-hybridized carbons (Fsp3) is 0.588. The maximum absolute atomic E-state index is 12.2. The molecule has 1 aliphatic rings. The van der Waals surface area contributed by atoms with Gasteiger partial charge in [0.1, 0.15) is 0 Å². The first kappa shape index (κ1) is 15.0. The molecule has 0 aliphatic heterocycles. The van der Waals surface area contributed by atoms with Gasteiger partial charge in [0.15, 0.2) is 0 Å². The van der Waals surface area contributed by atoms with Gasteiger partial charge in [-0.05, 0) is 58.1 Å². The Labute approximate surface area is 121 Å². The lowest BCUT2D eigenvalue weighted by Crippen LogP contribution is -2.42. The Hall–Kier alpha value is -1.35. The molecule has 3 heteroatoms. The number of benzene rings is 1. The molecule has 0 saturated heterocycles. The van der Waals surface area contributed by atoms with Crippen LogP contribution in [0.5, 0.6) is 0 Å². The fourth-order valence-corrected chi connectivity index (χ4v) is 2.30. The van der Waals surface area contributed by atoms with E-state index < -0.39 is 0 Å². The Morgan fingerprint density at radius 2 is 1.85 bits per heavy atom. The molecule has 1 fully saturated rings. The van der Waals surface area contributed by atoms with E-state index >= 15 is 0 Å². The van der Waals surface area contributed by atoms with Crippen LogP contribution in [0, 0.1) is 0 Å². The minimum atomic E-state index is -0.191. The first-order chi connectivity index (χ1) is 9.19. The van der Waals surface area contributed by atoms with E-state index in [2.05, 4.69) is 17.4 Å². The van der Waals surface area contributed by atoms with E-state index in [0.717, 1.165) is 24.8 Å². The van der Waals surface area contributed by atoms with Gasteiger partial charge in [-0.3, -0.25) is 4.79 Å². The van der Waals surface area contributed by atoms with E-state index in [9.17, 15) is 4.79 Å². The van der Waals surface area contributed by atoms with Gasteiger partial charge in [-0.15, -0.1) is 0 Å². The third kappa shape index (κ3) is 4.07. The topological polar surface area (TPSA) is 55.1 Å². The molecule has 0 heterocycles. The molecule has 110 valence electrons. The normalized spacial score (nSPS) is 18.4. The minimum Gasteiger partial charge on any atom is -0.351 e. The second-order valence-electron chi connectivity index (χ2n) is 7.24. The van der Waals surface area contributed by atoms with E-state index in [-0.39, 0.29) is 22.9 Å². The fourth-order valence-electron chi connectivity index (χ4n) is 2.30. The molecular weight excluding hydrogens is 248 g/mol. The molecule has 1 unspecified atom stereocenters. The van der Waals surface area contributed by atoms with Gasteiger partial charge in [0.05, 0.1) is 5.92 Å². The van der Waals surface area contributed by atoms with Crippen molar-refractivity contribution in [3.05, 3.63) is 35.4 Å². The van der Waals surface area contributed by atoms with Crippen molar-refractivity contribution in [2.45, 2.75) is 64.0 Å². The van der Waals surface area contributed by atoms with Crippen molar-refractivity contribution in [3.8, 4) is 0 Å². The van der Waals surface area contributed by atoms with Crippen LogP contribution in [0.1, 0.15) is 57.6 Å². The molecule has 3 nitrogen and oxygen atoms in total. The largest absolute Gasteiger partial charge is 0.351 e. The number of nitrogens with two attached hydrogens (primary N) is 1. The summed E-state index contributed by atoms with van der Waals surface area (Å²) >= 11 is 0. The monoisotopic (exact) mass is 274 g/mol. The number of amides is 1. The zero-order valence-electron chi connectivity index (χ0n) is 13.0. The smallest absolute Gasteiger partial charge is 0.227 e. The number of hydrogen-bond acceptors (Lipinski definition) is 2. The van der Waals surface area contributed by atoms with Gasteiger partial charge >= 0.3 is 0 Å². The minimum absolute atomic E-state index is 0.0384. The average Bonchev–Trinajstić information content (AvgIpc) is 3.04. The molecule has 0 aromatic heterocycles. The molecular formula is C17H26N2O. The molecule has 2 rings (SSSR count). The van der Waals surface area contributed by atoms with Crippen LogP contribution in [0.4, 0.5) is 0 Å². The molecule has 0 radical (unpaired) electrons. The summed E-state index contributed by atoms with van der Waals surface area (Å²) in [5.74, 6) is -0.0567. The average molecular weight is 274 g/mol. The molecule has 1 amide bonds.